The normalized spacial score (nSPS) is 16.3. The van der Waals surface area contributed by atoms with Crippen molar-refractivity contribution in [3.63, 3.8) is 0 Å². The van der Waals surface area contributed by atoms with E-state index in [-0.39, 0.29) is 24.9 Å². The van der Waals surface area contributed by atoms with Crippen LogP contribution in [0.2, 0.25) is 0 Å². The number of nitrogens with zero attached hydrogens (tertiary/aromatic N) is 3. The van der Waals surface area contributed by atoms with E-state index in [4.69, 9.17) is 11.6 Å². The van der Waals surface area contributed by atoms with Gasteiger partial charge in [0.1, 0.15) is 0 Å². The van der Waals surface area contributed by atoms with Crippen LogP contribution < -0.4 is 0 Å². The number of aromatic nitrogens is 1. The molecule has 0 saturated carbocycles. The average Bonchev–Trinajstić information content (AvgIpc) is 2.87. The first kappa shape index (κ1) is 14.3. The quantitative estimate of drug-likeness (QED) is 0.766. The Balaban J connectivity index is 1.89. The van der Waals surface area contributed by atoms with Crippen molar-refractivity contribution in [1.29, 1.82) is 0 Å². The number of likely N-dealkylation sites (N-methyl/N-ethyl adjacent to an activating group) is 1. The third-order valence-electron chi connectivity index (χ3n) is 3.07. The minimum absolute atomic E-state index is 0.00979. The molecule has 2 rings (SSSR count). The lowest BCUT2D eigenvalue weighted by Crippen LogP contribution is -2.53. The minimum atomic E-state index is 0.00979. The first-order valence-corrected chi connectivity index (χ1v) is 7.60. The molecular formula is C12H16ClN3O2S. The van der Waals surface area contributed by atoms with E-state index in [2.05, 4.69) is 4.98 Å². The molecule has 0 unspecified atom stereocenters. The summed E-state index contributed by atoms with van der Waals surface area (Å²) in [4.78, 5) is 31.2. The van der Waals surface area contributed by atoms with E-state index in [1.165, 1.54) is 0 Å². The Morgan fingerprint density at radius 3 is 2.63 bits per heavy atom. The highest BCUT2D eigenvalue weighted by Gasteiger charge is 2.28. The number of hydrogen-bond acceptors (Lipinski definition) is 4. The van der Waals surface area contributed by atoms with E-state index < -0.39 is 0 Å². The molecule has 2 amide bonds. The number of carbonyl (C=O) groups is 2. The molecule has 1 saturated heterocycles. The molecular weight excluding hydrogens is 286 g/mol. The van der Waals surface area contributed by atoms with Gasteiger partial charge >= 0.3 is 0 Å². The topological polar surface area (TPSA) is 53.5 Å². The predicted molar refractivity (Wildman–Crippen MR) is 74.2 cm³/mol. The number of rotatable bonds is 5. The smallest absolute Gasteiger partial charge is 0.242 e. The van der Waals surface area contributed by atoms with Gasteiger partial charge in [0.2, 0.25) is 11.8 Å². The summed E-state index contributed by atoms with van der Waals surface area (Å²) in [6, 6.07) is 0. The van der Waals surface area contributed by atoms with Crippen LogP contribution in [0.4, 0.5) is 0 Å². The maximum atomic E-state index is 11.9. The summed E-state index contributed by atoms with van der Waals surface area (Å²) in [6.07, 6.45) is 0.673. The van der Waals surface area contributed by atoms with Crippen molar-refractivity contribution in [2.75, 3.05) is 26.2 Å². The fourth-order valence-electron chi connectivity index (χ4n) is 1.95. The zero-order valence-corrected chi connectivity index (χ0v) is 12.3. The number of carbonyl (C=O) groups excluding carboxylic acids is 2. The molecule has 1 aromatic rings. The molecule has 1 aliphatic rings. The van der Waals surface area contributed by atoms with Crippen molar-refractivity contribution in [3.05, 3.63) is 16.1 Å². The molecule has 0 radical (unpaired) electrons. The summed E-state index contributed by atoms with van der Waals surface area (Å²) >= 11 is 7.23. The number of hydrogen-bond donors (Lipinski definition) is 0. The fourth-order valence-corrected chi connectivity index (χ4v) is 2.97. The highest BCUT2D eigenvalue weighted by Crippen LogP contribution is 2.13. The lowest BCUT2D eigenvalue weighted by molar-refractivity contribution is -0.149. The van der Waals surface area contributed by atoms with E-state index in [1.807, 2.05) is 12.3 Å². The van der Waals surface area contributed by atoms with Gasteiger partial charge in [0.15, 0.2) is 0 Å². The van der Waals surface area contributed by atoms with Gasteiger partial charge in [0.25, 0.3) is 0 Å². The third-order valence-corrected chi connectivity index (χ3v) is 4.30. The Labute approximate surface area is 121 Å². The second-order valence-electron chi connectivity index (χ2n) is 4.34. The molecule has 2 heterocycles. The van der Waals surface area contributed by atoms with Gasteiger partial charge in [0.05, 0.1) is 29.7 Å². The SMILES string of the molecule is CCN1CC(=O)N(CCc2nc(CCl)cs2)CC1=O. The molecule has 0 aliphatic carbocycles. The van der Waals surface area contributed by atoms with Gasteiger partial charge in [-0.15, -0.1) is 22.9 Å². The average molecular weight is 302 g/mol. The van der Waals surface area contributed by atoms with Gasteiger partial charge in [0, 0.05) is 24.9 Å². The zero-order chi connectivity index (χ0) is 13.8. The number of amides is 2. The largest absolute Gasteiger partial charge is 0.332 e. The van der Waals surface area contributed by atoms with Gasteiger partial charge in [-0.25, -0.2) is 4.98 Å². The second kappa shape index (κ2) is 6.34. The van der Waals surface area contributed by atoms with Crippen LogP contribution in [0.1, 0.15) is 17.6 Å². The van der Waals surface area contributed by atoms with Crippen LogP contribution >= 0.6 is 22.9 Å². The Hall–Kier alpha value is -1.14. The molecule has 1 aliphatic heterocycles. The summed E-state index contributed by atoms with van der Waals surface area (Å²) in [5.41, 5.74) is 0.861. The van der Waals surface area contributed by atoms with Crippen molar-refractivity contribution in [2.45, 2.75) is 19.2 Å². The second-order valence-corrected chi connectivity index (χ2v) is 5.55. The first-order valence-electron chi connectivity index (χ1n) is 6.18. The maximum absolute atomic E-state index is 11.9. The van der Waals surface area contributed by atoms with E-state index in [0.717, 1.165) is 10.7 Å². The molecule has 1 aromatic heterocycles. The number of halogens is 1. The summed E-state index contributed by atoms with van der Waals surface area (Å²) in [6.45, 7) is 3.38. The summed E-state index contributed by atoms with van der Waals surface area (Å²) in [7, 11) is 0. The summed E-state index contributed by atoms with van der Waals surface area (Å²) < 4.78 is 0. The number of piperazine rings is 1. The molecule has 0 N–H and O–H groups in total. The standard InChI is InChI=1S/C12H16ClN3O2S/c1-2-15-6-12(18)16(7-11(15)17)4-3-10-14-9(5-13)8-19-10/h8H,2-7H2,1H3. The van der Waals surface area contributed by atoms with Crippen molar-refractivity contribution in [2.24, 2.45) is 0 Å². The fraction of sp³-hybridized carbons (Fsp3) is 0.583. The third kappa shape index (κ3) is 3.45. The molecule has 5 nitrogen and oxygen atoms in total. The molecule has 0 aromatic carbocycles. The zero-order valence-electron chi connectivity index (χ0n) is 10.8. The predicted octanol–water partition coefficient (Wildman–Crippen LogP) is 1.12. The van der Waals surface area contributed by atoms with Crippen LogP contribution in [0.25, 0.3) is 0 Å². The van der Waals surface area contributed by atoms with Crippen LogP contribution in [-0.4, -0.2) is 52.8 Å². The van der Waals surface area contributed by atoms with E-state index in [9.17, 15) is 9.59 Å². The van der Waals surface area contributed by atoms with E-state index >= 15 is 0 Å². The number of alkyl halides is 1. The van der Waals surface area contributed by atoms with Crippen LogP contribution in [-0.2, 0) is 21.9 Å². The molecule has 0 bridgehead atoms. The molecule has 7 heteroatoms. The highest BCUT2D eigenvalue weighted by molar-refractivity contribution is 7.09. The minimum Gasteiger partial charge on any atom is -0.332 e. The maximum Gasteiger partial charge on any atom is 0.242 e. The van der Waals surface area contributed by atoms with Crippen LogP contribution in [0, 0.1) is 0 Å². The molecule has 1 fully saturated rings. The highest BCUT2D eigenvalue weighted by atomic mass is 35.5. The molecule has 0 spiro atoms. The Kier molecular flexibility index (Phi) is 4.76. The van der Waals surface area contributed by atoms with Gasteiger partial charge in [-0.1, -0.05) is 0 Å². The Morgan fingerprint density at radius 1 is 1.32 bits per heavy atom. The van der Waals surface area contributed by atoms with Gasteiger partial charge in [-0.3, -0.25) is 9.59 Å². The lowest BCUT2D eigenvalue weighted by Gasteiger charge is -2.33. The van der Waals surface area contributed by atoms with Crippen LogP contribution in [0.5, 0.6) is 0 Å². The van der Waals surface area contributed by atoms with Crippen molar-refractivity contribution < 1.29 is 9.59 Å². The summed E-state index contributed by atoms with van der Waals surface area (Å²) in [5, 5.41) is 2.87. The molecule has 0 atom stereocenters. The van der Waals surface area contributed by atoms with Gasteiger partial charge < -0.3 is 9.80 Å². The van der Waals surface area contributed by atoms with Gasteiger partial charge in [-0.2, -0.15) is 0 Å². The first-order chi connectivity index (χ1) is 9.13. The van der Waals surface area contributed by atoms with Crippen molar-refractivity contribution in [1.82, 2.24) is 14.8 Å². The van der Waals surface area contributed by atoms with E-state index in [1.54, 1.807) is 21.1 Å². The van der Waals surface area contributed by atoms with Crippen molar-refractivity contribution >= 4 is 34.8 Å². The monoisotopic (exact) mass is 301 g/mol. The lowest BCUT2D eigenvalue weighted by atomic mass is 10.2. The van der Waals surface area contributed by atoms with E-state index in [0.29, 0.717) is 25.4 Å². The Bertz CT molecular complexity index is 477. The van der Waals surface area contributed by atoms with Crippen LogP contribution in [0.3, 0.4) is 0 Å². The molecule has 104 valence electrons. The van der Waals surface area contributed by atoms with Gasteiger partial charge in [-0.05, 0) is 6.92 Å². The van der Waals surface area contributed by atoms with Crippen molar-refractivity contribution in [3.8, 4) is 0 Å². The molecule has 19 heavy (non-hydrogen) atoms. The van der Waals surface area contributed by atoms with Crippen LogP contribution in [0.15, 0.2) is 5.38 Å². The number of thiazole rings is 1. The summed E-state index contributed by atoms with van der Waals surface area (Å²) in [5.74, 6) is 0.432. The Morgan fingerprint density at radius 2 is 2.00 bits per heavy atom.